The van der Waals surface area contributed by atoms with Gasteiger partial charge in [-0.3, -0.25) is 4.79 Å². The van der Waals surface area contributed by atoms with Crippen LogP contribution in [0.4, 0.5) is 5.69 Å². The van der Waals surface area contributed by atoms with E-state index in [9.17, 15) is 4.79 Å². The van der Waals surface area contributed by atoms with Gasteiger partial charge in [-0.2, -0.15) is 5.26 Å². The molecule has 2 N–H and O–H groups in total. The molecule has 0 saturated heterocycles. The lowest BCUT2D eigenvalue weighted by Crippen LogP contribution is -2.03. The van der Waals surface area contributed by atoms with Gasteiger partial charge in [-0.05, 0) is 19.9 Å². The van der Waals surface area contributed by atoms with Gasteiger partial charge in [-0.15, -0.1) is 0 Å². The Labute approximate surface area is 88.3 Å². The summed E-state index contributed by atoms with van der Waals surface area (Å²) in [5.41, 5.74) is 6.69. The number of Topliss-reactive ketones (excluding diaryl/α,β-unsaturated/α-hetero) is 1. The summed E-state index contributed by atoms with van der Waals surface area (Å²) in [5, 5.41) is 8.86. The summed E-state index contributed by atoms with van der Waals surface area (Å²) in [7, 11) is 0. The molecule has 1 aromatic rings. The van der Waals surface area contributed by atoms with Crippen molar-refractivity contribution in [3.63, 3.8) is 0 Å². The van der Waals surface area contributed by atoms with Gasteiger partial charge in [0, 0.05) is 17.3 Å². The lowest BCUT2D eigenvalue weighted by atomic mass is 10.1. The Bertz CT molecular complexity index is 433. The number of benzene rings is 1. The van der Waals surface area contributed by atoms with Crippen LogP contribution in [0.3, 0.4) is 0 Å². The van der Waals surface area contributed by atoms with Gasteiger partial charge in [0.05, 0.1) is 12.2 Å². The first-order valence-corrected chi connectivity index (χ1v) is 4.57. The van der Waals surface area contributed by atoms with Crippen LogP contribution in [0.1, 0.15) is 29.8 Å². The minimum atomic E-state index is -0.160. The summed E-state index contributed by atoms with van der Waals surface area (Å²) in [4.78, 5) is 11.2. The quantitative estimate of drug-likeness (QED) is 0.601. The third kappa shape index (κ3) is 2.26. The van der Waals surface area contributed by atoms with E-state index in [1.807, 2.05) is 13.0 Å². The molecule has 78 valence electrons. The van der Waals surface area contributed by atoms with Gasteiger partial charge in [-0.25, -0.2) is 0 Å². The van der Waals surface area contributed by atoms with Gasteiger partial charge in [0.15, 0.2) is 5.78 Å². The maximum Gasteiger partial charge on any atom is 0.161 e. The maximum absolute atomic E-state index is 11.2. The largest absolute Gasteiger partial charge is 0.492 e. The molecule has 15 heavy (non-hydrogen) atoms. The van der Waals surface area contributed by atoms with Crippen LogP contribution in [0, 0.1) is 11.3 Å². The van der Waals surface area contributed by atoms with Gasteiger partial charge in [-0.1, -0.05) is 0 Å². The molecule has 0 amide bonds. The molecule has 0 atom stereocenters. The Morgan fingerprint density at radius 3 is 2.73 bits per heavy atom. The molecule has 0 unspecified atom stereocenters. The van der Waals surface area contributed by atoms with Crippen molar-refractivity contribution in [1.29, 1.82) is 5.26 Å². The second-order valence-corrected chi connectivity index (χ2v) is 3.04. The molecule has 1 rings (SSSR count). The summed E-state index contributed by atoms with van der Waals surface area (Å²) in [5.74, 6) is 0.259. The van der Waals surface area contributed by atoms with Crippen molar-refractivity contribution in [2.24, 2.45) is 0 Å². The lowest BCUT2D eigenvalue weighted by Gasteiger charge is -2.08. The van der Waals surface area contributed by atoms with Crippen molar-refractivity contribution in [3.05, 3.63) is 23.3 Å². The highest BCUT2D eigenvalue weighted by Gasteiger charge is 2.11. The fourth-order valence-corrected chi connectivity index (χ4v) is 1.26. The zero-order chi connectivity index (χ0) is 11.4. The Morgan fingerprint density at radius 1 is 1.60 bits per heavy atom. The van der Waals surface area contributed by atoms with Crippen LogP contribution in [-0.4, -0.2) is 12.4 Å². The highest BCUT2D eigenvalue weighted by molar-refractivity contribution is 5.99. The van der Waals surface area contributed by atoms with E-state index in [-0.39, 0.29) is 5.78 Å². The smallest absolute Gasteiger partial charge is 0.161 e. The molecule has 4 heteroatoms. The molecule has 4 nitrogen and oxygen atoms in total. The number of nitrogen functional groups attached to an aromatic ring is 1. The summed E-state index contributed by atoms with van der Waals surface area (Å²) in [6.07, 6.45) is 0. The summed E-state index contributed by atoms with van der Waals surface area (Å²) in [6.45, 7) is 3.68. The third-order valence-electron chi connectivity index (χ3n) is 1.95. The number of rotatable bonds is 3. The maximum atomic E-state index is 11.2. The number of nitrogens with two attached hydrogens (primary N) is 1. The van der Waals surface area contributed by atoms with Crippen LogP contribution in [0.15, 0.2) is 12.1 Å². The number of ketones is 1. The monoisotopic (exact) mass is 204 g/mol. The normalized spacial score (nSPS) is 9.40. The van der Waals surface area contributed by atoms with Crippen LogP contribution in [0.25, 0.3) is 0 Å². The Morgan fingerprint density at radius 2 is 2.27 bits per heavy atom. The van der Waals surface area contributed by atoms with E-state index in [1.54, 1.807) is 0 Å². The minimum absolute atomic E-state index is 0.160. The van der Waals surface area contributed by atoms with Crippen LogP contribution in [0.2, 0.25) is 0 Å². The zero-order valence-corrected chi connectivity index (χ0v) is 8.70. The average Bonchev–Trinajstić information content (AvgIpc) is 2.18. The first-order chi connectivity index (χ1) is 7.10. The molecule has 0 saturated carbocycles. The van der Waals surface area contributed by atoms with E-state index < -0.39 is 0 Å². The molecule has 0 heterocycles. The molecule has 0 spiro atoms. The standard InChI is InChI=1S/C11H12N2O2/c1-3-15-11-5-10(13)9(7(2)14)4-8(11)6-12/h4-5H,3,13H2,1-2H3. The molecule has 0 aliphatic rings. The van der Waals surface area contributed by atoms with E-state index in [2.05, 4.69) is 0 Å². The second kappa shape index (κ2) is 4.47. The Balaban J connectivity index is 3.30. The first kappa shape index (κ1) is 11.1. The molecule has 0 aliphatic heterocycles. The fourth-order valence-electron chi connectivity index (χ4n) is 1.26. The van der Waals surface area contributed by atoms with Crippen LogP contribution in [0.5, 0.6) is 5.75 Å². The SMILES string of the molecule is CCOc1cc(N)c(C(C)=O)cc1C#N. The first-order valence-electron chi connectivity index (χ1n) is 4.57. The number of nitrogens with zero attached hydrogens (tertiary/aromatic N) is 1. The van der Waals surface area contributed by atoms with E-state index in [4.69, 9.17) is 15.7 Å². The predicted molar refractivity (Wildman–Crippen MR) is 56.7 cm³/mol. The van der Waals surface area contributed by atoms with Crippen LogP contribution < -0.4 is 10.5 Å². The topological polar surface area (TPSA) is 76.1 Å². The lowest BCUT2D eigenvalue weighted by molar-refractivity contribution is 0.101. The minimum Gasteiger partial charge on any atom is -0.492 e. The molecular formula is C11H12N2O2. The molecule has 0 radical (unpaired) electrons. The van der Waals surface area contributed by atoms with Crippen molar-refractivity contribution in [3.8, 4) is 11.8 Å². The van der Waals surface area contributed by atoms with Crippen molar-refractivity contribution in [1.82, 2.24) is 0 Å². The van der Waals surface area contributed by atoms with Gasteiger partial charge in [0.1, 0.15) is 11.8 Å². The Hall–Kier alpha value is -2.02. The molecule has 0 aliphatic carbocycles. The van der Waals surface area contributed by atoms with Gasteiger partial charge < -0.3 is 10.5 Å². The fraction of sp³-hybridized carbons (Fsp3) is 0.273. The highest BCUT2D eigenvalue weighted by Crippen LogP contribution is 2.25. The number of carbonyl (C=O) groups excluding carboxylic acids is 1. The predicted octanol–water partition coefficient (Wildman–Crippen LogP) is 1.74. The average molecular weight is 204 g/mol. The number of ether oxygens (including phenoxy) is 1. The van der Waals surface area contributed by atoms with Gasteiger partial charge in [0.25, 0.3) is 0 Å². The number of hydrogen-bond acceptors (Lipinski definition) is 4. The van der Waals surface area contributed by atoms with Crippen molar-refractivity contribution in [2.45, 2.75) is 13.8 Å². The summed E-state index contributed by atoms with van der Waals surface area (Å²) >= 11 is 0. The van der Waals surface area contributed by atoms with E-state index in [0.717, 1.165) is 0 Å². The van der Waals surface area contributed by atoms with Crippen LogP contribution in [-0.2, 0) is 0 Å². The summed E-state index contributed by atoms with van der Waals surface area (Å²) < 4.78 is 5.23. The highest BCUT2D eigenvalue weighted by atomic mass is 16.5. The molecule has 0 bridgehead atoms. The van der Waals surface area contributed by atoms with E-state index in [0.29, 0.717) is 29.2 Å². The zero-order valence-electron chi connectivity index (χ0n) is 8.70. The molecular weight excluding hydrogens is 192 g/mol. The molecule has 0 fully saturated rings. The number of anilines is 1. The Kier molecular flexibility index (Phi) is 3.29. The van der Waals surface area contributed by atoms with E-state index >= 15 is 0 Å². The van der Waals surface area contributed by atoms with Crippen molar-refractivity contribution in [2.75, 3.05) is 12.3 Å². The molecule has 1 aromatic carbocycles. The van der Waals surface area contributed by atoms with Crippen molar-refractivity contribution < 1.29 is 9.53 Å². The molecule has 0 aromatic heterocycles. The number of carbonyl (C=O) groups is 1. The van der Waals surface area contributed by atoms with Gasteiger partial charge in [0.2, 0.25) is 0 Å². The van der Waals surface area contributed by atoms with Gasteiger partial charge >= 0.3 is 0 Å². The summed E-state index contributed by atoms with van der Waals surface area (Å²) in [6, 6.07) is 4.94. The van der Waals surface area contributed by atoms with Crippen molar-refractivity contribution >= 4 is 11.5 Å². The third-order valence-corrected chi connectivity index (χ3v) is 1.95. The van der Waals surface area contributed by atoms with E-state index in [1.165, 1.54) is 19.1 Å². The number of nitriles is 1. The second-order valence-electron chi connectivity index (χ2n) is 3.04. The number of hydrogen-bond donors (Lipinski definition) is 1. The van der Waals surface area contributed by atoms with Crippen LogP contribution >= 0.6 is 0 Å².